The van der Waals surface area contributed by atoms with Gasteiger partial charge in [0.1, 0.15) is 0 Å². The number of aromatic nitrogens is 2. The lowest BCUT2D eigenvalue weighted by atomic mass is 10.2. The Labute approximate surface area is 102 Å². The summed E-state index contributed by atoms with van der Waals surface area (Å²) in [6.45, 7) is 0.924. The Morgan fingerprint density at radius 2 is 2.12 bits per heavy atom. The number of rotatable bonds is 2. The van der Waals surface area contributed by atoms with Gasteiger partial charge in [0.15, 0.2) is 0 Å². The summed E-state index contributed by atoms with van der Waals surface area (Å²) in [5, 5.41) is 3.11. The van der Waals surface area contributed by atoms with Gasteiger partial charge in [-0.05, 0) is 12.1 Å². The van der Waals surface area contributed by atoms with Crippen LogP contribution in [0.1, 0.15) is 5.56 Å². The first-order valence-corrected chi connectivity index (χ1v) is 6.88. The van der Waals surface area contributed by atoms with Crippen molar-refractivity contribution in [3.8, 4) is 11.4 Å². The number of nitrogens with zero attached hydrogens (tertiary/aromatic N) is 3. The minimum atomic E-state index is 0.924. The highest BCUT2D eigenvalue weighted by molar-refractivity contribution is 8.14. The second-order valence-corrected chi connectivity index (χ2v) is 5.14. The molecule has 3 nitrogen and oxygen atoms in total. The summed E-state index contributed by atoms with van der Waals surface area (Å²) in [5.41, 5.74) is 4.80. The number of thioether (sulfide) groups is 1. The van der Waals surface area contributed by atoms with Gasteiger partial charge in [0.05, 0.1) is 21.9 Å². The second kappa shape index (κ2) is 4.35. The minimum absolute atomic E-state index is 0.924. The van der Waals surface area contributed by atoms with E-state index < -0.39 is 0 Å². The summed E-state index contributed by atoms with van der Waals surface area (Å²) in [4.78, 5) is 13.1. The van der Waals surface area contributed by atoms with Gasteiger partial charge in [0.2, 0.25) is 0 Å². The molecule has 0 aliphatic carbocycles. The number of hydrogen-bond acceptors (Lipinski definition) is 5. The maximum atomic E-state index is 4.42. The van der Waals surface area contributed by atoms with Crippen LogP contribution in [-0.2, 0) is 0 Å². The molecule has 0 amide bonds. The standard InChI is InChI=1S/C11H9N3S2/c1-2-9(10-6-15-7-14-10)13-5-8(1)11-12-3-4-16-11/h1-2,5-7H,3-4H2. The van der Waals surface area contributed by atoms with Gasteiger partial charge < -0.3 is 0 Å². The molecule has 0 unspecified atom stereocenters. The van der Waals surface area contributed by atoms with E-state index >= 15 is 0 Å². The van der Waals surface area contributed by atoms with Crippen LogP contribution in [0.5, 0.6) is 0 Å². The maximum Gasteiger partial charge on any atom is 0.0995 e. The summed E-state index contributed by atoms with van der Waals surface area (Å²) in [7, 11) is 0. The Kier molecular flexibility index (Phi) is 2.71. The molecule has 0 aromatic carbocycles. The molecule has 0 radical (unpaired) electrons. The zero-order chi connectivity index (χ0) is 10.8. The monoisotopic (exact) mass is 247 g/mol. The zero-order valence-corrected chi connectivity index (χ0v) is 10.1. The average Bonchev–Trinajstić information content (AvgIpc) is 3.03. The molecule has 80 valence electrons. The predicted octanol–water partition coefficient (Wildman–Crippen LogP) is 2.70. The fraction of sp³-hybridized carbons (Fsp3) is 0.182. The first kappa shape index (κ1) is 9.99. The van der Waals surface area contributed by atoms with Crippen molar-refractivity contribution in [1.82, 2.24) is 9.97 Å². The van der Waals surface area contributed by atoms with E-state index in [2.05, 4.69) is 21.0 Å². The summed E-state index contributed by atoms with van der Waals surface area (Å²) in [5.74, 6) is 1.09. The highest BCUT2D eigenvalue weighted by Gasteiger charge is 2.10. The molecule has 0 saturated heterocycles. The molecule has 2 aromatic heterocycles. The van der Waals surface area contributed by atoms with Crippen molar-refractivity contribution in [3.05, 3.63) is 34.8 Å². The van der Waals surface area contributed by atoms with Crippen molar-refractivity contribution < 1.29 is 0 Å². The van der Waals surface area contributed by atoms with E-state index in [4.69, 9.17) is 0 Å². The Bertz CT molecular complexity index is 503. The van der Waals surface area contributed by atoms with E-state index in [1.807, 2.05) is 23.2 Å². The van der Waals surface area contributed by atoms with E-state index in [0.717, 1.165) is 34.3 Å². The SMILES string of the molecule is c1nc(-c2ccc(C3=NCCS3)cn2)cs1. The van der Waals surface area contributed by atoms with Crippen molar-refractivity contribution >= 4 is 28.1 Å². The molecule has 16 heavy (non-hydrogen) atoms. The fourth-order valence-corrected chi connectivity index (χ4v) is 2.91. The fourth-order valence-electron chi connectivity index (χ4n) is 1.52. The summed E-state index contributed by atoms with van der Waals surface area (Å²) in [6, 6.07) is 4.07. The average molecular weight is 247 g/mol. The molecule has 3 heterocycles. The third-order valence-electron chi connectivity index (χ3n) is 2.29. The summed E-state index contributed by atoms with van der Waals surface area (Å²) < 4.78 is 0. The highest BCUT2D eigenvalue weighted by atomic mass is 32.2. The lowest BCUT2D eigenvalue weighted by molar-refractivity contribution is 1.17. The molecule has 3 rings (SSSR count). The van der Waals surface area contributed by atoms with Crippen LogP contribution >= 0.6 is 23.1 Å². The molecule has 5 heteroatoms. The topological polar surface area (TPSA) is 38.1 Å². The third-order valence-corrected chi connectivity index (χ3v) is 3.90. The van der Waals surface area contributed by atoms with Gasteiger partial charge in [-0.2, -0.15) is 0 Å². The molecule has 1 aliphatic rings. The number of thiazole rings is 1. The molecule has 0 atom stereocenters. The smallest absolute Gasteiger partial charge is 0.0995 e. The third kappa shape index (κ3) is 1.88. The predicted molar refractivity (Wildman–Crippen MR) is 69.2 cm³/mol. The van der Waals surface area contributed by atoms with Gasteiger partial charge in [-0.15, -0.1) is 23.1 Å². The molecule has 1 aliphatic heterocycles. The molecule has 0 spiro atoms. The Balaban J connectivity index is 1.90. The zero-order valence-electron chi connectivity index (χ0n) is 8.46. The van der Waals surface area contributed by atoms with Crippen LogP contribution in [0, 0.1) is 0 Å². The Morgan fingerprint density at radius 3 is 2.75 bits per heavy atom. The number of pyridine rings is 1. The van der Waals surface area contributed by atoms with Crippen LogP contribution in [0.25, 0.3) is 11.4 Å². The van der Waals surface area contributed by atoms with Crippen LogP contribution in [0.15, 0.2) is 34.2 Å². The molecular weight excluding hydrogens is 238 g/mol. The maximum absolute atomic E-state index is 4.42. The highest BCUT2D eigenvalue weighted by Crippen LogP contribution is 2.21. The number of aliphatic imine (C=N–C) groups is 1. The second-order valence-electron chi connectivity index (χ2n) is 3.34. The van der Waals surface area contributed by atoms with Crippen molar-refractivity contribution in [3.63, 3.8) is 0 Å². The van der Waals surface area contributed by atoms with Crippen molar-refractivity contribution in [2.24, 2.45) is 4.99 Å². The summed E-state index contributed by atoms with van der Waals surface area (Å²) in [6.07, 6.45) is 1.88. The summed E-state index contributed by atoms with van der Waals surface area (Å²) >= 11 is 3.38. The molecule has 2 aromatic rings. The molecule has 0 bridgehead atoms. The molecule has 0 saturated carbocycles. The lowest BCUT2D eigenvalue weighted by Gasteiger charge is -2.00. The van der Waals surface area contributed by atoms with Gasteiger partial charge in [0.25, 0.3) is 0 Å². The van der Waals surface area contributed by atoms with Gasteiger partial charge in [-0.25, -0.2) is 4.98 Å². The lowest BCUT2D eigenvalue weighted by Crippen LogP contribution is -1.93. The number of hydrogen-bond donors (Lipinski definition) is 0. The van der Waals surface area contributed by atoms with Crippen LogP contribution in [0.4, 0.5) is 0 Å². The van der Waals surface area contributed by atoms with Gasteiger partial charge in [-0.3, -0.25) is 9.98 Å². The van der Waals surface area contributed by atoms with Crippen molar-refractivity contribution in [2.45, 2.75) is 0 Å². The molecule has 0 fully saturated rings. The van der Waals surface area contributed by atoms with Crippen LogP contribution in [0.3, 0.4) is 0 Å². The van der Waals surface area contributed by atoms with E-state index in [1.165, 1.54) is 0 Å². The van der Waals surface area contributed by atoms with Crippen molar-refractivity contribution in [1.29, 1.82) is 0 Å². The molecule has 0 N–H and O–H groups in total. The van der Waals surface area contributed by atoms with E-state index in [0.29, 0.717) is 0 Å². The van der Waals surface area contributed by atoms with Crippen LogP contribution in [-0.4, -0.2) is 27.3 Å². The Morgan fingerprint density at radius 1 is 1.12 bits per heavy atom. The first-order valence-electron chi connectivity index (χ1n) is 4.96. The van der Waals surface area contributed by atoms with Crippen LogP contribution < -0.4 is 0 Å². The molecular formula is C11H9N3S2. The van der Waals surface area contributed by atoms with E-state index in [9.17, 15) is 0 Å². The van der Waals surface area contributed by atoms with E-state index in [-0.39, 0.29) is 0 Å². The largest absolute Gasteiger partial charge is 0.277 e. The van der Waals surface area contributed by atoms with Gasteiger partial charge in [0, 0.05) is 29.4 Å². The van der Waals surface area contributed by atoms with Crippen LogP contribution in [0.2, 0.25) is 0 Å². The quantitative estimate of drug-likeness (QED) is 0.819. The van der Waals surface area contributed by atoms with Gasteiger partial charge in [-0.1, -0.05) is 0 Å². The first-order chi connectivity index (χ1) is 7.93. The normalized spacial score (nSPS) is 15.1. The van der Waals surface area contributed by atoms with Gasteiger partial charge >= 0.3 is 0 Å². The minimum Gasteiger partial charge on any atom is -0.277 e. The Hall–Kier alpha value is -1.20. The van der Waals surface area contributed by atoms with E-state index in [1.54, 1.807) is 23.1 Å². The van der Waals surface area contributed by atoms with Crippen molar-refractivity contribution in [2.75, 3.05) is 12.3 Å².